The lowest BCUT2D eigenvalue weighted by molar-refractivity contribution is -0.116. The number of para-hydroxylation sites is 1. The molecule has 1 aromatic heterocycles. The number of carbonyl (C=O) groups is 1. The Bertz CT molecular complexity index is 930. The monoisotopic (exact) mass is 375 g/mol. The number of nitrogens with zero attached hydrogens (tertiary/aromatic N) is 2. The van der Waals surface area contributed by atoms with Gasteiger partial charge in [0.15, 0.2) is 0 Å². The molecule has 0 saturated heterocycles. The Kier molecular flexibility index (Phi) is 5.48. The van der Waals surface area contributed by atoms with Crippen molar-refractivity contribution in [2.75, 3.05) is 12.4 Å². The van der Waals surface area contributed by atoms with Crippen molar-refractivity contribution in [2.45, 2.75) is 12.8 Å². The van der Waals surface area contributed by atoms with Gasteiger partial charge in [0, 0.05) is 18.5 Å². The van der Waals surface area contributed by atoms with Gasteiger partial charge in [-0.25, -0.2) is 4.39 Å². The van der Waals surface area contributed by atoms with Crippen molar-refractivity contribution in [2.24, 2.45) is 0 Å². The summed E-state index contributed by atoms with van der Waals surface area (Å²) in [6, 6.07) is 11.2. The number of hydrogen-bond acceptors (Lipinski definition) is 5. The molecule has 26 heavy (non-hydrogen) atoms. The Morgan fingerprint density at radius 3 is 2.85 bits per heavy atom. The Labute approximate surface area is 154 Å². The molecule has 3 aromatic rings. The number of carbonyl (C=O) groups excluding carboxylic acids is 1. The number of hydrogen-bond donors (Lipinski definition) is 1. The maximum atomic E-state index is 13.1. The number of amides is 1. The van der Waals surface area contributed by atoms with Crippen LogP contribution in [0.15, 0.2) is 46.9 Å². The minimum Gasteiger partial charge on any atom is -0.496 e. The highest BCUT2D eigenvalue weighted by Crippen LogP contribution is 2.28. The van der Waals surface area contributed by atoms with Crippen LogP contribution in [-0.4, -0.2) is 23.2 Å². The summed E-state index contributed by atoms with van der Waals surface area (Å²) in [5, 5.41) is 10.5. The van der Waals surface area contributed by atoms with Crippen LogP contribution in [0.1, 0.15) is 12.3 Å². The molecule has 3 rings (SSSR count). The number of rotatable bonds is 6. The molecule has 0 fully saturated rings. The average molecular weight is 376 g/mol. The number of methoxy groups -OCH3 is 1. The van der Waals surface area contributed by atoms with Crippen molar-refractivity contribution >= 4 is 23.2 Å². The van der Waals surface area contributed by atoms with E-state index in [0.717, 1.165) is 0 Å². The summed E-state index contributed by atoms with van der Waals surface area (Å²) >= 11 is 5.69. The lowest BCUT2D eigenvalue weighted by Crippen LogP contribution is -2.12. The van der Waals surface area contributed by atoms with Crippen molar-refractivity contribution < 1.29 is 18.3 Å². The molecule has 6 nitrogen and oxygen atoms in total. The lowest BCUT2D eigenvalue weighted by Gasteiger charge is -2.05. The number of anilines is 1. The fourth-order valence-corrected chi connectivity index (χ4v) is 2.48. The summed E-state index contributed by atoms with van der Waals surface area (Å²) < 4.78 is 24.0. The molecule has 0 atom stereocenters. The molecule has 2 aromatic carbocycles. The largest absolute Gasteiger partial charge is 0.496 e. The highest BCUT2D eigenvalue weighted by atomic mass is 35.5. The molecule has 0 aliphatic rings. The number of benzene rings is 2. The van der Waals surface area contributed by atoms with Gasteiger partial charge in [-0.2, -0.15) is 0 Å². The summed E-state index contributed by atoms with van der Waals surface area (Å²) in [4.78, 5) is 12.0. The van der Waals surface area contributed by atoms with Crippen LogP contribution in [0.3, 0.4) is 0 Å². The number of nitrogens with one attached hydrogen (secondary N) is 1. The van der Waals surface area contributed by atoms with E-state index in [-0.39, 0.29) is 23.8 Å². The SMILES string of the molecule is COc1ccccc1-c1nnc(CCC(=O)Nc2ccc(F)c(Cl)c2)o1. The number of halogens is 2. The van der Waals surface area contributed by atoms with Gasteiger partial charge in [-0.1, -0.05) is 23.7 Å². The first-order chi connectivity index (χ1) is 12.6. The zero-order chi connectivity index (χ0) is 18.5. The zero-order valence-electron chi connectivity index (χ0n) is 13.8. The molecule has 0 aliphatic heterocycles. The molecule has 0 spiro atoms. The molecule has 1 heterocycles. The molecule has 0 radical (unpaired) electrons. The Balaban J connectivity index is 1.61. The van der Waals surface area contributed by atoms with E-state index in [1.807, 2.05) is 12.1 Å². The van der Waals surface area contributed by atoms with Crippen LogP contribution in [-0.2, 0) is 11.2 Å². The van der Waals surface area contributed by atoms with Gasteiger partial charge in [0.2, 0.25) is 11.8 Å². The predicted octanol–water partition coefficient (Wildman–Crippen LogP) is 4.11. The third kappa shape index (κ3) is 4.18. The van der Waals surface area contributed by atoms with Crippen molar-refractivity contribution in [3.63, 3.8) is 0 Å². The van der Waals surface area contributed by atoms with Gasteiger partial charge in [0.05, 0.1) is 17.7 Å². The van der Waals surface area contributed by atoms with Crippen molar-refractivity contribution in [3.8, 4) is 17.2 Å². The van der Waals surface area contributed by atoms with Crippen LogP contribution in [0.2, 0.25) is 5.02 Å². The van der Waals surface area contributed by atoms with Gasteiger partial charge in [-0.3, -0.25) is 4.79 Å². The maximum Gasteiger partial charge on any atom is 0.251 e. The normalized spacial score (nSPS) is 10.6. The first-order valence-electron chi connectivity index (χ1n) is 7.77. The van der Waals surface area contributed by atoms with Gasteiger partial charge in [0.1, 0.15) is 11.6 Å². The van der Waals surface area contributed by atoms with Crippen LogP contribution < -0.4 is 10.1 Å². The topological polar surface area (TPSA) is 77.2 Å². The Morgan fingerprint density at radius 2 is 2.08 bits per heavy atom. The third-order valence-corrected chi connectivity index (χ3v) is 3.86. The molecular formula is C18H15ClFN3O3. The second kappa shape index (κ2) is 7.97. The fourth-order valence-electron chi connectivity index (χ4n) is 2.30. The molecule has 0 unspecified atom stereocenters. The van der Waals surface area contributed by atoms with E-state index >= 15 is 0 Å². The number of aromatic nitrogens is 2. The van der Waals surface area contributed by atoms with Crippen LogP contribution in [0, 0.1) is 5.82 Å². The first-order valence-corrected chi connectivity index (χ1v) is 8.15. The molecule has 0 aliphatic carbocycles. The van der Waals surface area contributed by atoms with Crippen molar-refractivity contribution in [1.82, 2.24) is 10.2 Å². The molecule has 8 heteroatoms. The van der Waals surface area contributed by atoms with Gasteiger partial charge in [-0.15, -0.1) is 10.2 Å². The van der Waals surface area contributed by atoms with E-state index in [4.69, 9.17) is 20.8 Å². The average Bonchev–Trinajstić information content (AvgIpc) is 3.12. The zero-order valence-corrected chi connectivity index (χ0v) is 14.6. The minimum atomic E-state index is -0.542. The van der Waals surface area contributed by atoms with E-state index < -0.39 is 5.82 Å². The van der Waals surface area contributed by atoms with Gasteiger partial charge in [-0.05, 0) is 30.3 Å². The summed E-state index contributed by atoms with van der Waals surface area (Å²) in [6.45, 7) is 0. The van der Waals surface area contributed by atoms with Crippen molar-refractivity contribution in [3.05, 3.63) is 59.2 Å². The van der Waals surface area contributed by atoms with E-state index in [9.17, 15) is 9.18 Å². The highest BCUT2D eigenvalue weighted by molar-refractivity contribution is 6.31. The van der Waals surface area contributed by atoms with Crippen LogP contribution in [0.4, 0.5) is 10.1 Å². The van der Waals surface area contributed by atoms with Gasteiger partial charge >= 0.3 is 0 Å². The maximum absolute atomic E-state index is 13.1. The van der Waals surface area contributed by atoms with E-state index in [0.29, 0.717) is 28.8 Å². The fraction of sp³-hybridized carbons (Fsp3) is 0.167. The highest BCUT2D eigenvalue weighted by Gasteiger charge is 2.14. The van der Waals surface area contributed by atoms with Crippen molar-refractivity contribution in [1.29, 1.82) is 0 Å². The standard InChI is InChI=1S/C18H15ClFN3O3/c1-25-15-5-3-2-4-12(15)18-23-22-17(26-18)9-8-16(24)21-11-6-7-14(20)13(19)10-11/h2-7,10H,8-9H2,1H3,(H,21,24). The second-order valence-corrected chi connectivity index (χ2v) is 5.79. The van der Waals surface area contributed by atoms with Gasteiger partial charge in [0.25, 0.3) is 5.89 Å². The van der Waals surface area contributed by atoms with Gasteiger partial charge < -0.3 is 14.5 Å². The predicted molar refractivity (Wildman–Crippen MR) is 94.6 cm³/mol. The third-order valence-electron chi connectivity index (χ3n) is 3.57. The summed E-state index contributed by atoms with van der Waals surface area (Å²) in [5.74, 6) is 0.458. The minimum absolute atomic E-state index is 0.0545. The van der Waals surface area contributed by atoms with E-state index in [1.165, 1.54) is 18.2 Å². The summed E-state index contributed by atoms with van der Waals surface area (Å²) in [5.41, 5.74) is 1.10. The van der Waals surface area contributed by atoms with E-state index in [1.54, 1.807) is 19.2 Å². The molecule has 1 amide bonds. The van der Waals surface area contributed by atoms with Crippen LogP contribution >= 0.6 is 11.6 Å². The summed E-state index contributed by atoms with van der Waals surface area (Å²) in [7, 11) is 1.56. The second-order valence-electron chi connectivity index (χ2n) is 5.38. The number of aryl methyl sites for hydroxylation is 1. The lowest BCUT2D eigenvalue weighted by atomic mass is 10.2. The van der Waals surface area contributed by atoms with Crippen LogP contribution in [0.25, 0.3) is 11.5 Å². The summed E-state index contributed by atoms with van der Waals surface area (Å²) in [6.07, 6.45) is 0.394. The Morgan fingerprint density at radius 1 is 1.27 bits per heavy atom. The smallest absolute Gasteiger partial charge is 0.251 e. The molecule has 0 bridgehead atoms. The molecule has 134 valence electrons. The number of ether oxygens (including phenoxy) is 1. The molecule has 0 saturated carbocycles. The Hall–Kier alpha value is -2.93. The molecular weight excluding hydrogens is 361 g/mol. The quantitative estimate of drug-likeness (QED) is 0.701. The van der Waals surface area contributed by atoms with Crippen LogP contribution in [0.5, 0.6) is 5.75 Å². The van der Waals surface area contributed by atoms with E-state index in [2.05, 4.69) is 15.5 Å². The first kappa shape index (κ1) is 17.9. The molecule has 1 N–H and O–H groups in total.